The molecule has 5 nitrogen and oxygen atoms in total. The van der Waals surface area contributed by atoms with Crippen LogP contribution in [0.1, 0.15) is 33.6 Å². The first kappa shape index (κ1) is 11.8. The van der Waals surface area contributed by atoms with Crippen LogP contribution in [0.2, 0.25) is 0 Å². The van der Waals surface area contributed by atoms with E-state index >= 15 is 0 Å². The Morgan fingerprint density at radius 1 is 1.60 bits per heavy atom. The number of nitrogens with zero attached hydrogens (tertiary/aromatic N) is 2. The van der Waals surface area contributed by atoms with E-state index in [1.165, 1.54) is 6.21 Å². The molecular weight excluding hydrogens is 196 g/mol. The van der Waals surface area contributed by atoms with E-state index in [1.54, 1.807) is 4.90 Å². The molecule has 0 bridgehead atoms. The van der Waals surface area contributed by atoms with Gasteiger partial charge in [0.15, 0.2) is 0 Å². The third-order valence-electron chi connectivity index (χ3n) is 2.17. The van der Waals surface area contributed by atoms with Crippen LogP contribution in [0.4, 0.5) is 4.79 Å². The fraction of sp³-hybridized carbons (Fsp3) is 0.800. The van der Waals surface area contributed by atoms with E-state index in [4.69, 9.17) is 9.94 Å². The molecule has 0 aromatic carbocycles. The van der Waals surface area contributed by atoms with Gasteiger partial charge in [0.1, 0.15) is 5.60 Å². The molecule has 1 aliphatic heterocycles. The number of carbonyl (C=O) groups is 1. The number of oxime groups is 1. The van der Waals surface area contributed by atoms with E-state index in [2.05, 4.69) is 5.16 Å². The molecule has 0 spiro atoms. The van der Waals surface area contributed by atoms with Crippen LogP contribution in [-0.2, 0) is 4.74 Å². The quantitative estimate of drug-likeness (QED) is 0.411. The van der Waals surface area contributed by atoms with Gasteiger partial charge >= 0.3 is 6.09 Å². The van der Waals surface area contributed by atoms with Gasteiger partial charge in [-0.15, -0.1) is 0 Å². The summed E-state index contributed by atoms with van der Waals surface area (Å²) in [7, 11) is 0. The van der Waals surface area contributed by atoms with Crippen LogP contribution in [0.5, 0.6) is 0 Å². The highest BCUT2D eigenvalue weighted by Gasteiger charge is 2.31. The summed E-state index contributed by atoms with van der Waals surface area (Å²) in [5.74, 6) is 0. The number of rotatable bonds is 1. The van der Waals surface area contributed by atoms with E-state index in [-0.39, 0.29) is 12.1 Å². The third-order valence-corrected chi connectivity index (χ3v) is 2.17. The summed E-state index contributed by atoms with van der Waals surface area (Å²) in [4.78, 5) is 13.3. The Morgan fingerprint density at radius 2 is 2.27 bits per heavy atom. The molecular formula is C10H18N2O3. The molecule has 1 rings (SSSR count). The van der Waals surface area contributed by atoms with Crippen molar-refractivity contribution >= 4 is 12.3 Å². The summed E-state index contributed by atoms with van der Waals surface area (Å²) in [6, 6.07) is -0.134. The molecule has 0 aromatic rings. The molecule has 1 N–H and O–H groups in total. The Bertz CT molecular complexity index is 258. The molecule has 1 saturated heterocycles. The molecule has 0 radical (unpaired) electrons. The standard InChI is InChI=1S/C10H18N2O3/c1-10(2,3)15-9(13)12-6-4-5-8(12)7-11-14/h7-8,14H,4-6H2,1-3H3/b11-7+. The summed E-state index contributed by atoms with van der Waals surface area (Å²) >= 11 is 0. The maximum Gasteiger partial charge on any atom is 0.410 e. The average molecular weight is 214 g/mol. The zero-order valence-corrected chi connectivity index (χ0v) is 9.43. The molecule has 1 amide bonds. The summed E-state index contributed by atoms with van der Waals surface area (Å²) < 4.78 is 5.24. The minimum atomic E-state index is -0.486. The molecule has 5 heteroatoms. The molecule has 15 heavy (non-hydrogen) atoms. The van der Waals surface area contributed by atoms with Crippen LogP contribution in [0, 0.1) is 0 Å². The Morgan fingerprint density at radius 3 is 2.80 bits per heavy atom. The van der Waals surface area contributed by atoms with Crippen molar-refractivity contribution < 1.29 is 14.7 Å². The summed E-state index contributed by atoms with van der Waals surface area (Å²) in [6.45, 7) is 6.15. The molecule has 1 heterocycles. The van der Waals surface area contributed by atoms with Crippen molar-refractivity contribution in [3.63, 3.8) is 0 Å². The molecule has 0 saturated carbocycles. The van der Waals surface area contributed by atoms with Gasteiger partial charge in [-0.3, -0.25) is 0 Å². The first-order chi connectivity index (χ1) is 6.94. The highest BCUT2D eigenvalue weighted by molar-refractivity contribution is 5.76. The van der Waals surface area contributed by atoms with Crippen LogP contribution >= 0.6 is 0 Å². The largest absolute Gasteiger partial charge is 0.444 e. The third kappa shape index (κ3) is 3.42. The fourth-order valence-corrected chi connectivity index (χ4v) is 1.57. The minimum Gasteiger partial charge on any atom is -0.444 e. The molecule has 1 atom stereocenters. The van der Waals surface area contributed by atoms with E-state index in [1.807, 2.05) is 20.8 Å². The number of ether oxygens (including phenoxy) is 1. The second-order valence-electron chi connectivity index (χ2n) is 4.65. The Hall–Kier alpha value is -1.26. The van der Waals surface area contributed by atoms with E-state index < -0.39 is 5.60 Å². The molecule has 1 unspecified atom stereocenters. The zero-order chi connectivity index (χ0) is 11.5. The first-order valence-corrected chi connectivity index (χ1v) is 5.11. The Labute approximate surface area is 89.7 Å². The molecule has 0 aromatic heterocycles. The average Bonchev–Trinajstić information content (AvgIpc) is 2.49. The Balaban J connectivity index is 2.59. The normalized spacial score (nSPS) is 22.3. The monoisotopic (exact) mass is 214 g/mol. The zero-order valence-electron chi connectivity index (χ0n) is 9.43. The van der Waals surface area contributed by atoms with Crippen LogP contribution in [0.15, 0.2) is 5.16 Å². The van der Waals surface area contributed by atoms with Gasteiger partial charge in [-0.05, 0) is 33.6 Å². The number of hydrogen-bond acceptors (Lipinski definition) is 4. The van der Waals surface area contributed by atoms with Gasteiger partial charge in [0.05, 0.1) is 12.3 Å². The van der Waals surface area contributed by atoms with Gasteiger partial charge in [-0.2, -0.15) is 0 Å². The predicted octanol–water partition coefficient (Wildman–Crippen LogP) is 1.85. The summed E-state index contributed by atoms with van der Waals surface area (Å²) in [5.41, 5.74) is -0.486. The van der Waals surface area contributed by atoms with Crippen LogP contribution in [0.3, 0.4) is 0 Å². The second-order valence-corrected chi connectivity index (χ2v) is 4.65. The minimum absolute atomic E-state index is 0.134. The summed E-state index contributed by atoms with van der Waals surface area (Å²) in [5, 5.41) is 11.4. The van der Waals surface area contributed by atoms with Gasteiger partial charge in [-0.1, -0.05) is 5.16 Å². The number of likely N-dealkylation sites (tertiary alicyclic amines) is 1. The van der Waals surface area contributed by atoms with Gasteiger partial charge in [0.25, 0.3) is 0 Å². The Kier molecular flexibility index (Phi) is 3.55. The van der Waals surface area contributed by atoms with Crippen molar-refractivity contribution in [1.82, 2.24) is 4.90 Å². The number of hydrogen-bond donors (Lipinski definition) is 1. The molecule has 0 aliphatic carbocycles. The fourth-order valence-electron chi connectivity index (χ4n) is 1.57. The van der Waals surface area contributed by atoms with Crippen molar-refractivity contribution in [3.8, 4) is 0 Å². The smallest absolute Gasteiger partial charge is 0.410 e. The topological polar surface area (TPSA) is 62.1 Å². The van der Waals surface area contributed by atoms with Crippen LogP contribution in [0.25, 0.3) is 0 Å². The maximum atomic E-state index is 11.7. The van der Waals surface area contributed by atoms with E-state index in [0.717, 1.165) is 12.8 Å². The van der Waals surface area contributed by atoms with E-state index in [0.29, 0.717) is 6.54 Å². The van der Waals surface area contributed by atoms with Gasteiger partial charge in [0.2, 0.25) is 0 Å². The van der Waals surface area contributed by atoms with Crippen molar-refractivity contribution in [2.24, 2.45) is 5.16 Å². The van der Waals surface area contributed by atoms with E-state index in [9.17, 15) is 4.79 Å². The lowest BCUT2D eigenvalue weighted by Gasteiger charge is -2.26. The highest BCUT2D eigenvalue weighted by Crippen LogP contribution is 2.19. The van der Waals surface area contributed by atoms with Gasteiger partial charge < -0.3 is 14.8 Å². The number of carbonyl (C=O) groups excluding carboxylic acids is 1. The van der Waals surface area contributed by atoms with Crippen LogP contribution < -0.4 is 0 Å². The lowest BCUT2D eigenvalue weighted by molar-refractivity contribution is 0.0267. The molecule has 86 valence electrons. The molecule has 1 fully saturated rings. The van der Waals surface area contributed by atoms with Crippen molar-refractivity contribution in [1.29, 1.82) is 0 Å². The predicted molar refractivity (Wildman–Crippen MR) is 56.2 cm³/mol. The second kappa shape index (κ2) is 4.51. The highest BCUT2D eigenvalue weighted by atomic mass is 16.6. The summed E-state index contributed by atoms with van der Waals surface area (Å²) in [6.07, 6.45) is 2.76. The first-order valence-electron chi connectivity index (χ1n) is 5.11. The lowest BCUT2D eigenvalue weighted by Crippen LogP contribution is -2.40. The SMILES string of the molecule is CC(C)(C)OC(=O)N1CCCC1/C=N/O. The molecule has 1 aliphatic rings. The van der Waals surface area contributed by atoms with Gasteiger partial charge in [0, 0.05) is 6.54 Å². The van der Waals surface area contributed by atoms with Crippen molar-refractivity contribution in [2.75, 3.05) is 6.54 Å². The van der Waals surface area contributed by atoms with Crippen molar-refractivity contribution in [3.05, 3.63) is 0 Å². The van der Waals surface area contributed by atoms with Gasteiger partial charge in [-0.25, -0.2) is 4.79 Å². The van der Waals surface area contributed by atoms with Crippen LogP contribution in [-0.4, -0.2) is 40.6 Å². The van der Waals surface area contributed by atoms with Crippen molar-refractivity contribution in [2.45, 2.75) is 45.3 Å². The maximum absolute atomic E-state index is 11.7. The lowest BCUT2D eigenvalue weighted by atomic mass is 10.2. The number of amides is 1.